The SMILES string of the molecule is C.C.C.C.C.C.C.C.C.C.C.C.CC(=O)CC(C)=O.CC(=O)CC(C)=O.CC(=O)CC(C)=O.CC(=O)CC(C)=O.CC(=O)CC(C)=O.CC(=O)CC(C)=O. The van der Waals surface area contributed by atoms with Crippen LogP contribution in [0.2, 0.25) is 0 Å². The van der Waals surface area contributed by atoms with Crippen LogP contribution in [0.3, 0.4) is 0 Å². The molecule has 0 spiro atoms. The Labute approximate surface area is 337 Å². The monoisotopic (exact) mass is 793 g/mol. The molecule has 0 aliphatic rings. The molecule has 0 aliphatic heterocycles. The van der Waals surface area contributed by atoms with Crippen LogP contribution in [0.1, 0.15) is 211 Å². The summed E-state index contributed by atoms with van der Waals surface area (Å²) in [6.45, 7) is 16.8. The Balaban J connectivity index is -0.0000000172. The molecule has 0 aromatic rings. The van der Waals surface area contributed by atoms with E-state index in [1.807, 2.05) is 0 Å². The van der Waals surface area contributed by atoms with Crippen molar-refractivity contribution in [3.8, 4) is 0 Å². The van der Waals surface area contributed by atoms with Gasteiger partial charge in [0.2, 0.25) is 0 Å². The highest BCUT2D eigenvalue weighted by Gasteiger charge is 1.97. The number of hydrogen-bond donors (Lipinski definition) is 0. The summed E-state index contributed by atoms with van der Waals surface area (Å²) in [6, 6.07) is 0. The van der Waals surface area contributed by atoms with Gasteiger partial charge in [0.15, 0.2) is 0 Å². The van der Waals surface area contributed by atoms with Crippen molar-refractivity contribution >= 4 is 69.4 Å². The molecule has 0 N–H and O–H groups in total. The van der Waals surface area contributed by atoms with Gasteiger partial charge in [0, 0.05) is 0 Å². The Morgan fingerprint density at radius 2 is 0.204 bits per heavy atom. The molecule has 12 nitrogen and oxygen atoms in total. The van der Waals surface area contributed by atoms with E-state index < -0.39 is 0 Å². The van der Waals surface area contributed by atoms with Crippen molar-refractivity contribution in [1.82, 2.24) is 0 Å². The molecule has 0 aromatic carbocycles. The topological polar surface area (TPSA) is 205 Å². The molecule has 0 unspecified atom stereocenters. The zero-order valence-corrected chi connectivity index (χ0v) is 27.1. The fourth-order valence-electron chi connectivity index (χ4n) is 2.10. The van der Waals surface area contributed by atoms with Crippen molar-refractivity contribution in [2.24, 2.45) is 0 Å². The molecule has 0 fully saturated rings. The van der Waals surface area contributed by atoms with Crippen LogP contribution in [0.4, 0.5) is 0 Å². The van der Waals surface area contributed by atoms with E-state index in [2.05, 4.69) is 0 Å². The second-order valence-electron chi connectivity index (χ2n) is 9.48. The van der Waals surface area contributed by atoms with Crippen molar-refractivity contribution in [3.63, 3.8) is 0 Å². The summed E-state index contributed by atoms with van der Waals surface area (Å²) in [5.74, 6) is -0.750. The zero-order chi connectivity index (χ0) is 35.2. The summed E-state index contributed by atoms with van der Waals surface area (Å²) in [5, 5.41) is 0. The lowest BCUT2D eigenvalue weighted by atomic mass is 10.2. The first kappa shape index (κ1) is 117. The van der Waals surface area contributed by atoms with E-state index in [0.29, 0.717) is 0 Å². The summed E-state index contributed by atoms with van der Waals surface area (Å²) in [5.41, 5.74) is 0. The van der Waals surface area contributed by atoms with Crippen molar-refractivity contribution in [3.05, 3.63) is 0 Å². The average Bonchev–Trinajstić information content (AvgIpc) is 2.63. The fourth-order valence-corrected chi connectivity index (χ4v) is 2.10. The van der Waals surface area contributed by atoms with Crippen LogP contribution < -0.4 is 0 Å². The highest BCUT2D eigenvalue weighted by molar-refractivity contribution is 5.98. The van der Waals surface area contributed by atoms with E-state index in [9.17, 15) is 57.5 Å². The number of hydrogen-bond acceptors (Lipinski definition) is 12. The normalized spacial score (nSPS) is 6.44. The van der Waals surface area contributed by atoms with Gasteiger partial charge in [0.1, 0.15) is 69.4 Å². The molecular weight excluding hydrogens is 696 g/mol. The zero-order valence-electron chi connectivity index (χ0n) is 27.1. The fraction of sp³-hybridized carbons (Fsp3) is 0.714. The Hall–Kier alpha value is -3.96. The van der Waals surface area contributed by atoms with E-state index in [1.165, 1.54) is 83.1 Å². The van der Waals surface area contributed by atoms with Crippen LogP contribution in [0.25, 0.3) is 0 Å². The standard InChI is InChI=1S/6C5H8O2.12CH4/c6*1-4(6)3-5(2)7;;;;;;;;;;;;/h6*3H2,1-2H3;12*1H4. The number of Topliss-reactive ketones (excluding diaryl/α,β-unsaturated/α-hetero) is 12. The van der Waals surface area contributed by atoms with Gasteiger partial charge >= 0.3 is 0 Å². The first-order chi connectivity index (χ1) is 18.8. The minimum atomic E-state index is -0.0625. The second-order valence-corrected chi connectivity index (χ2v) is 9.48. The average molecular weight is 793 g/mol. The molecule has 336 valence electrons. The molecule has 0 atom stereocenters. The predicted molar refractivity (Wildman–Crippen MR) is 237 cm³/mol. The number of ketones is 12. The lowest BCUT2D eigenvalue weighted by Crippen LogP contribution is -1.97. The third-order valence-electron chi connectivity index (χ3n) is 2.99. The molecule has 54 heavy (non-hydrogen) atoms. The maximum absolute atomic E-state index is 10.0. The first-order valence-corrected chi connectivity index (χ1v) is 12.7. The molecule has 0 aliphatic carbocycles. The van der Waals surface area contributed by atoms with E-state index in [-0.39, 0.29) is 197 Å². The molecular formula is C42H96O12. The first-order valence-electron chi connectivity index (χ1n) is 12.7. The minimum absolute atomic E-state index is 0. The van der Waals surface area contributed by atoms with Gasteiger partial charge in [-0.05, 0) is 83.1 Å². The molecule has 0 bridgehead atoms. The maximum Gasteiger partial charge on any atom is 0.137 e. The highest BCUT2D eigenvalue weighted by atomic mass is 16.2. The molecule has 0 saturated carbocycles. The quantitative estimate of drug-likeness (QED) is 0.169. The van der Waals surface area contributed by atoms with Crippen LogP contribution in [-0.2, 0) is 57.5 Å². The van der Waals surface area contributed by atoms with Crippen molar-refractivity contribution in [2.45, 2.75) is 211 Å². The maximum atomic E-state index is 10.0. The van der Waals surface area contributed by atoms with E-state index in [4.69, 9.17) is 0 Å². The third kappa shape index (κ3) is 265. The molecule has 0 saturated heterocycles. The van der Waals surface area contributed by atoms with Gasteiger partial charge in [-0.25, -0.2) is 0 Å². The van der Waals surface area contributed by atoms with Gasteiger partial charge in [0.25, 0.3) is 0 Å². The Bertz CT molecular complexity index is 700. The lowest BCUT2D eigenvalue weighted by Gasteiger charge is -1.81. The summed E-state index contributed by atoms with van der Waals surface area (Å²) >= 11 is 0. The van der Waals surface area contributed by atoms with E-state index in [0.717, 1.165) is 0 Å². The van der Waals surface area contributed by atoms with E-state index in [1.54, 1.807) is 0 Å². The van der Waals surface area contributed by atoms with Crippen molar-refractivity contribution in [2.75, 3.05) is 0 Å². The molecule has 0 radical (unpaired) electrons. The van der Waals surface area contributed by atoms with Gasteiger partial charge in [-0.1, -0.05) is 89.1 Å². The third-order valence-corrected chi connectivity index (χ3v) is 2.99. The van der Waals surface area contributed by atoms with Crippen LogP contribution in [-0.4, -0.2) is 69.4 Å². The van der Waals surface area contributed by atoms with Gasteiger partial charge in [0.05, 0.1) is 38.5 Å². The Kier molecular flexibility index (Phi) is 170. The Morgan fingerprint density at radius 1 is 0.167 bits per heavy atom. The summed E-state index contributed by atoms with van der Waals surface area (Å²) < 4.78 is 0. The van der Waals surface area contributed by atoms with E-state index >= 15 is 0 Å². The van der Waals surface area contributed by atoms with Crippen molar-refractivity contribution < 1.29 is 57.5 Å². The summed E-state index contributed by atoms with van der Waals surface area (Å²) in [6.07, 6.45) is 0.500. The minimum Gasteiger partial charge on any atom is -0.300 e. The van der Waals surface area contributed by atoms with Gasteiger partial charge in [-0.2, -0.15) is 0 Å². The summed E-state index contributed by atoms with van der Waals surface area (Å²) in [7, 11) is 0. The smallest absolute Gasteiger partial charge is 0.137 e. The summed E-state index contributed by atoms with van der Waals surface area (Å²) in [4.78, 5) is 120. The Morgan fingerprint density at radius 3 is 0.204 bits per heavy atom. The number of carbonyl (C=O) groups excluding carboxylic acids is 12. The predicted octanol–water partition coefficient (Wildman–Crippen LogP) is 11.0. The lowest BCUT2D eigenvalue weighted by molar-refractivity contribution is -0.126. The van der Waals surface area contributed by atoms with Crippen LogP contribution in [0, 0.1) is 0 Å². The largest absolute Gasteiger partial charge is 0.300 e. The number of rotatable bonds is 12. The molecule has 0 heterocycles. The van der Waals surface area contributed by atoms with Crippen molar-refractivity contribution in [1.29, 1.82) is 0 Å². The van der Waals surface area contributed by atoms with Crippen LogP contribution in [0.5, 0.6) is 0 Å². The molecule has 0 amide bonds. The van der Waals surface area contributed by atoms with Crippen LogP contribution in [0.15, 0.2) is 0 Å². The van der Waals surface area contributed by atoms with Gasteiger partial charge in [-0.15, -0.1) is 0 Å². The molecule has 0 aromatic heterocycles. The second kappa shape index (κ2) is 78.2. The molecule has 0 rings (SSSR count). The molecule has 12 heteroatoms. The van der Waals surface area contributed by atoms with Gasteiger partial charge < -0.3 is 0 Å². The van der Waals surface area contributed by atoms with Crippen LogP contribution >= 0.6 is 0 Å². The highest BCUT2D eigenvalue weighted by Crippen LogP contribution is 1.83. The van der Waals surface area contributed by atoms with Gasteiger partial charge in [-0.3, -0.25) is 57.5 Å². The number of carbonyl (C=O) groups is 12.